The smallest absolute Gasteiger partial charge is 0.178 e. The van der Waals surface area contributed by atoms with E-state index < -0.39 is 0 Å². The van der Waals surface area contributed by atoms with Gasteiger partial charge in [-0.05, 0) is 19.9 Å². The molecular weight excluding hydrogens is 322 g/mol. The second-order valence-corrected chi connectivity index (χ2v) is 6.17. The predicted octanol–water partition coefficient (Wildman–Crippen LogP) is 4.30. The highest BCUT2D eigenvalue weighted by molar-refractivity contribution is 6.36. The van der Waals surface area contributed by atoms with Gasteiger partial charge in [0.25, 0.3) is 0 Å². The molecule has 1 aromatic carbocycles. The van der Waals surface area contributed by atoms with Crippen molar-refractivity contribution in [3.05, 3.63) is 53.2 Å². The summed E-state index contributed by atoms with van der Waals surface area (Å²) >= 11 is 6.81. The Morgan fingerprint density at radius 3 is 2.58 bits per heavy atom. The second kappa shape index (κ2) is 5.46. The Labute approximate surface area is 144 Å². The standard InChI is InChI=1S/C18H16ClN5/c1-10-15(11(2)24(3)23-10)14-6-4-5-12(16(14)19)13-7-8-20-18-17(13)21-9-22-18/h4-9H,1-3H3,(H,20,21,22). The van der Waals surface area contributed by atoms with E-state index in [-0.39, 0.29) is 0 Å². The molecular formula is C18H16ClN5. The van der Waals surface area contributed by atoms with Crippen molar-refractivity contribution < 1.29 is 0 Å². The molecule has 0 bridgehead atoms. The van der Waals surface area contributed by atoms with Crippen LogP contribution in [0.1, 0.15) is 11.4 Å². The van der Waals surface area contributed by atoms with Crippen LogP contribution in [-0.2, 0) is 7.05 Å². The quantitative estimate of drug-likeness (QED) is 0.593. The van der Waals surface area contributed by atoms with Crippen LogP contribution in [0.4, 0.5) is 0 Å². The van der Waals surface area contributed by atoms with Crippen LogP contribution in [0.25, 0.3) is 33.4 Å². The normalized spacial score (nSPS) is 11.3. The number of pyridine rings is 1. The summed E-state index contributed by atoms with van der Waals surface area (Å²) in [5.74, 6) is 0. The maximum atomic E-state index is 6.81. The van der Waals surface area contributed by atoms with E-state index in [2.05, 4.69) is 27.0 Å². The van der Waals surface area contributed by atoms with Gasteiger partial charge in [0.2, 0.25) is 0 Å². The van der Waals surface area contributed by atoms with Crippen molar-refractivity contribution in [1.82, 2.24) is 24.7 Å². The van der Waals surface area contributed by atoms with Gasteiger partial charge in [-0.1, -0.05) is 29.8 Å². The summed E-state index contributed by atoms with van der Waals surface area (Å²) in [5.41, 5.74) is 7.64. The van der Waals surface area contributed by atoms with Gasteiger partial charge >= 0.3 is 0 Å². The van der Waals surface area contributed by atoms with Gasteiger partial charge in [-0.2, -0.15) is 5.10 Å². The summed E-state index contributed by atoms with van der Waals surface area (Å²) in [6.45, 7) is 4.06. The van der Waals surface area contributed by atoms with Gasteiger partial charge in [-0.25, -0.2) is 9.97 Å². The first-order chi connectivity index (χ1) is 11.6. The lowest BCUT2D eigenvalue weighted by atomic mass is 9.97. The maximum Gasteiger partial charge on any atom is 0.178 e. The van der Waals surface area contributed by atoms with Crippen molar-refractivity contribution in [3.8, 4) is 22.3 Å². The van der Waals surface area contributed by atoms with E-state index in [1.165, 1.54) is 0 Å². The minimum absolute atomic E-state index is 0.683. The highest BCUT2D eigenvalue weighted by Crippen LogP contribution is 2.40. The topological polar surface area (TPSA) is 59.4 Å². The average Bonchev–Trinajstić information content (AvgIpc) is 3.13. The maximum absolute atomic E-state index is 6.81. The number of nitrogens with one attached hydrogen (secondary N) is 1. The number of H-pyrrole nitrogens is 1. The Balaban J connectivity index is 1.98. The Hall–Kier alpha value is -2.66. The molecule has 5 nitrogen and oxygen atoms in total. The molecule has 0 aliphatic rings. The number of aryl methyl sites for hydroxylation is 2. The molecule has 24 heavy (non-hydrogen) atoms. The third-order valence-electron chi connectivity index (χ3n) is 4.39. The molecule has 3 aromatic heterocycles. The summed E-state index contributed by atoms with van der Waals surface area (Å²) in [6, 6.07) is 8.02. The average molecular weight is 338 g/mol. The number of hydrogen-bond donors (Lipinski definition) is 1. The van der Waals surface area contributed by atoms with Gasteiger partial charge in [0.1, 0.15) is 0 Å². The first-order valence-electron chi connectivity index (χ1n) is 7.65. The Bertz CT molecular complexity index is 1060. The number of aromatic nitrogens is 5. The van der Waals surface area contributed by atoms with Crippen LogP contribution in [0.15, 0.2) is 36.8 Å². The zero-order valence-electron chi connectivity index (χ0n) is 13.6. The van der Waals surface area contributed by atoms with E-state index >= 15 is 0 Å². The van der Waals surface area contributed by atoms with E-state index in [1.807, 2.05) is 42.9 Å². The first kappa shape index (κ1) is 14.9. The van der Waals surface area contributed by atoms with Gasteiger partial charge in [0, 0.05) is 41.2 Å². The monoisotopic (exact) mass is 337 g/mol. The van der Waals surface area contributed by atoms with Crippen molar-refractivity contribution >= 4 is 22.8 Å². The summed E-state index contributed by atoms with van der Waals surface area (Å²) < 4.78 is 1.88. The van der Waals surface area contributed by atoms with Crippen LogP contribution in [0.3, 0.4) is 0 Å². The molecule has 3 heterocycles. The molecule has 1 N–H and O–H groups in total. The minimum atomic E-state index is 0.683. The van der Waals surface area contributed by atoms with Crippen LogP contribution < -0.4 is 0 Å². The van der Waals surface area contributed by atoms with Crippen molar-refractivity contribution in [2.75, 3.05) is 0 Å². The molecule has 4 rings (SSSR count). The molecule has 0 saturated heterocycles. The molecule has 0 amide bonds. The first-order valence-corrected chi connectivity index (χ1v) is 8.03. The number of fused-ring (bicyclic) bond motifs is 1. The zero-order chi connectivity index (χ0) is 16.8. The number of benzene rings is 1. The van der Waals surface area contributed by atoms with Gasteiger partial charge in [0.05, 0.1) is 22.6 Å². The van der Waals surface area contributed by atoms with Gasteiger partial charge in [0.15, 0.2) is 5.65 Å². The van der Waals surface area contributed by atoms with Crippen LogP contribution in [0.2, 0.25) is 5.02 Å². The second-order valence-electron chi connectivity index (χ2n) is 5.80. The SMILES string of the molecule is Cc1nn(C)c(C)c1-c1cccc(-c2ccnc3nc[nH]c23)c1Cl. The third-order valence-corrected chi connectivity index (χ3v) is 4.80. The Morgan fingerprint density at radius 1 is 1.04 bits per heavy atom. The fourth-order valence-corrected chi connectivity index (χ4v) is 3.49. The van der Waals surface area contributed by atoms with Crippen molar-refractivity contribution in [1.29, 1.82) is 0 Å². The number of hydrogen-bond acceptors (Lipinski definition) is 3. The molecule has 0 fully saturated rings. The largest absolute Gasteiger partial charge is 0.343 e. The number of nitrogens with zero attached hydrogens (tertiary/aromatic N) is 4. The van der Waals surface area contributed by atoms with E-state index in [0.29, 0.717) is 10.7 Å². The number of rotatable bonds is 2. The molecule has 120 valence electrons. The van der Waals surface area contributed by atoms with Crippen LogP contribution in [-0.4, -0.2) is 24.7 Å². The van der Waals surface area contributed by atoms with Crippen LogP contribution >= 0.6 is 11.6 Å². The lowest BCUT2D eigenvalue weighted by Crippen LogP contribution is -1.93. The highest BCUT2D eigenvalue weighted by atomic mass is 35.5. The molecule has 6 heteroatoms. The molecule has 4 aromatic rings. The summed E-state index contributed by atoms with van der Waals surface area (Å²) in [4.78, 5) is 11.6. The number of imidazole rings is 1. The van der Waals surface area contributed by atoms with Crippen LogP contribution in [0.5, 0.6) is 0 Å². The lowest BCUT2D eigenvalue weighted by molar-refractivity contribution is 0.731. The molecule has 0 aliphatic heterocycles. The molecule has 0 radical (unpaired) electrons. The fraction of sp³-hybridized carbons (Fsp3) is 0.167. The van der Waals surface area contributed by atoms with Gasteiger partial charge in [-0.3, -0.25) is 4.68 Å². The van der Waals surface area contributed by atoms with Crippen molar-refractivity contribution in [2.45, 2.75) is 13.8 Å². The van der Waals surface area contributed by atoms with Gasteiger partial charge < -0.3 is 4.98 Å². The summed E-state index contributed by atoms with van der Waals surface area (Å²) in [6.07, 6.45) is 3.40. The fourth-order valence-electron chi connectivity index (χ4n) is 3.17. The zero-order valence-corrected chi connectivity index (χ0v) is 14.4. The molecule has 0 atom stereocenters. The van der Waals surface area contributed by atoms with E-state index in [4.69, 9.17) is 11.6 Å². The van der Waals surface area contributed by atoms with Crippen LogP contribution in [0, 0.1) is 13.8 Å². The predicted molar refractivity (Wildman–Crippen MR) is 96.0 cm³/mol. The summed E-state index contributed by atoms with van der Waals surface area (Å²) in [7, 11) is 1.95. The van der Waals surface area contributed by atoms with E-state index in [1.54, 1.807) is 12.5 Å². The van der Waals surface area contributed by atoms with Gasteiger partial charge in [-0.15, -0.1) is 0 Å². The molecule has 0 spiro atoms. The summed E-state index contributed by atoms with van der Waals surface area (Å²) in [5, 5.41) is 5.21. The van der Waals surface area contributed by atoms with Crippen molar-refractivity contribution in [2.24, 2.45) is 7.05 Å². The Morgan fingerprint density at radius 2 is 1.83 bits per heavy atom. The molecule has 0 saturated carbocycles. The Kier molecular flexibility index (Phi) is 3.39. The minimum Gasteiger partial charge on any atom is -0.343 e. The van der Waals surface area contributed by atoms with Crippen molar-refractivity contribution in [3.63, 3.8) is 0 Å². The molecule has 0 aliphatic carbocycles. The number of aromatic amines is 1. The van der Waals surface area contributed by atoms with E-state index in [0.717, 1.165) is 39.2 Å². The lowest BCUT2D eigenvalue weighted by Gasteiger charge is -2.11. The molecule has 0 unspecified atom stereocenters. The number of halogens is 1. The highest BCUT2D eigenvalue weighted by Gasteiger charge is 2.18. The van der Waals surface area contributed by atoms with E-state index in [9.17, 15) is 0 Å². The third kappa shape index (κ3) is 2.12.